The van der Waals surface area contributed by atoms with Crippen LogP contribution in [0, 0.1) is 0 Å². The van der Waals surface area contributed by atoms with E-state index in [2.05, 4.69) is 10.7 Å². The van der Waals surface area contributed by atoms with Crippen LogP contribution in [0.1, 0.15) is 46.5 Å². The van der Waals surface area contributed by atoms with Gasteiger partial charge < -0.3 is 15.0 Å². The fourth-order valence-corrected chi connectivity index (χ4v) is 4.98. The summed E-state index contributed by atoms with van der Waals surface area (Å²) in [6, 6.07) is 0. The van der Waals surface area contributed by atoms with E-state index in [0.717, 1.165) is 31.2 Å². The number of nitrogens with one attached hydrogen (secondary N) is 1. The molecule has 124 valence electrons. The molecule has 2 aliphatic heterocycles. The summed E-state index contributed by atoms with van der Waals surface area (Å²) < 4.78 is 5.78. The number of hydrogen-bond donors (Lipinski definition) is 1. The Balaban J connectivity index is 1.43. The third-order valence-corrected chi connectivity index (χ3v) is 6.46. The number of nitrogens with zero attached hydrogens (tertiary/aromatic N) is 1. The van der Waals surface area contributed by atoms with Crippen LogP contribution in [0.4, 0.5) is 0 Å². The Hall–Kier alpha value is -1.40. The van der Waals surface area contributed by atoms with E-state index in [4.69, 9.17) is 4.74 Å². The Morgan fingerprint density at radius 1 is 1.26 bits per heavy atom. The van der Waals surface area contributed by atoms with E-state index in [1.165, 1.54) is 23.3 Å². The second-order valence-electron chi connectivity index (χ2n) is 6.80. The zero-order valence-corrected chi connectivity index (χ0v) is 14.0. The Morgan fingerprint density at radius 2 is 2.04 bits per heavy atom. The molecule has 0 atom stereocenters. The maximum absolute atomic E-state index is 12.9. The first-order valence-corrected chi connectivity index (χ1v) is 9.34. The summed E-state index contributed by atoms with van der Waals surface area (Å²) in [7, 11) is 0. The van der Waals surface area contributed by atoms with Crippen molar-refractivity contribution in [2.75, 3.05) is 26.2 Å². The lowest BCUT2D eigenvalue weighted by atomic mass is 9.89. The fourth-order valence-electron chi connectivity index (χ4n) is 3.86. The number of likely N-dealkylation sites (tertiary alicyclic amines) is 1. The molecule has 1 aromatic heterocycles. The van der Waals surface area contributed by atoms with Gasteiger partial charge in [0.2, 0.25) is 5.91 Å². The summed E-state index contributed by atoms with van der Waals surface area (Å²) >= 11 is 1.75. The van der Waals surface area contributed by atoms with Crippen molar-refractivity contribution in [3.05, 3.63) is 21.4 Å². The number of aryl methyl sites for hydroxylation is 1. The zero-order chi connectivity index (χ0) is 15.9. The van der Waals surface area contributed by atoms with E-state index in [0.29, 0.717) is 19.6 Å². The second kappa shape index (κ2) is 5.91. The highest BCUT2D eigenvalue weighted by Gasteiger charge is 2.40. The Labute approximate surface area is 140 Å². The van der Waals surface area contributed by atoms with Crippen molar-refractivity contribution >= 4 is 23.2 Å². The van der Waals surface area contributed by atoms with E-state index in [9.17, 15) is 9.59 Å². The molecule has 3 aliphatic rings. The molecule has 5 nitrogen and oxygen atoms in total. The van der Waals surface area contributed by atoms with E-state index in [1.54, 1.807) is 11.3 Å². The number of rotatable bonds is 1. The molecule has 0 saturated carbocycles. The van der Waals surface area contributed by atoms with Gasteiger partial charge in [-0.25, -0.2) is 0 Å². The number of carbonyl (C=O) groups excluding carboxylic acids is 2. The van der Waals surface area contributed by atoms with Gasteiger partial charge in [-0.2, -0.15) is 0 Å². The van der Waals surface area contributed by atoms with Gasteiger partial charge >= 0.3 is 0 Å². The lowest BCUT2D eigenvalue weighted by molar-refractivity contribution is -0.149. The smallest absolute Gasteiger partial charge is 0.254 e. The lowest BCUT2D eigenvalue weighted by Gasteiger charge is -2.43. The number of carbonyl (C=O) groups is 2. The van der Waals surface area contributed by atoms with Crippen molar-refractivity contribution in [2.24, 2.45) is 0 Å². The Bertz CT molecular complexity index is 620. The van der Waals surface area contributed by atoms with Crippen molar-refractivity contribution in [3.8, 4) is 0 Å². The van der Waals surface area contributed by atoms with Gasteiger partial charge in [0.25, 0.3) is 5.91 Å². The Kier molecular flexibility index (Phi) is 3.89. The number of piperidine rings is 1. The molecule has 0 aromatic carbocycles. The molecular formula is C17H22N2O3S. The molecule has 4 rings (SSSR count). The molecule has 2 amide bonds. The van der Waals surface area contributed by atoms with Crippen LogP contribution in [-0.4, -0.2) is 48.6 Å². The highest BCUT2D eigenvalue weighted by molar-refractivity contribution is 7.10. The van der Waals surface area contributed by atoms with Gasteiger partial charge in [-0.15, -0.1) is 11.3 Å². The van der Waals surface area contributed by atoms with E-state index in [-0.39, 0.29) is 24.0 Å². The summed E-state index contributed by atoms with van der Waals surface area (Å²) in [6.45, 7) is 2.13. The van der Waals surface area contributed by atoms with Gasteiger partial charge in [-0.05, 0) is 44.1 Å². The number of ether oxygens (including phenoxy) is 1. The summed E-state index contributed by atoms with van der Waals surface area (Å²) in [5.74, 6) is 0.137. The third-order valence-electron chi connectivity index (χ3n) is 5.37. The van der Waals surface area contributed by atoms with Crippen LogP contribution in [0.5, 0.6) is 0 Å². The summed E-state index contributed by atoms with van der Waals surface area (Å²) in [6.07, 6.45) is 6.21. The number of hydrogen-bond acceptors (Lipinski definition) is 4. The van der Waals surface area contributed by atoms with Crippen LogP contribution >= 0.6 is 11.3 Å². The van der Waals surface area contributed by atoms with Gasteiger partial charge in [-0.3, -0.25) is 9.59 Å². The Morgan fingerprint density at radius 3 is 2.78 bits per heavy atom. The number of fused-ring (bicyclic) bond motifs is 1. The molecule has 6 heteroatoms. The first-order valence-electron chi connectivity index (χ1n) is 8.46. The average Bonchev–Trinajstić information content (AvgIpc) is 3.02. The average molecular weight is 334 g/mol. The van der Waals surface area contributed by atoms with Gasteiger partial charge in [0.1, 0.15) is 6.61 Å². The van der Waals surface area contributed by atoms with Crippen LogP contribution in [0.15, 0.2) is 5.38 Å². The number of thiophene rings is 1. The van der Waals surface area contributed by atoms with Gasteiger partial charge in [0, 0.05) is 29.9 Å². The van der Waals surface area contributed by atoms with Crippen molar-refractivity contribution in [1.82, 2.24) is 10.2 Å². The van der Waals surface area contributed by atoms with Gasteiger partial charge in [0.15, 0.2) is 0 Å². The molecule has 0 unspecified atom stereocenters. The summed E-state index contributed by atoms with van der Waals surface area (Å²) in [5, 5.41) is 4.94. The molecule has 1 aliphatic carbocycles. The molecule has 23 heavy (non-hydrogen) atoms. The predicted molar refractivity (Wildman–Crippen MR) is 87.8 cm³/mol. The van der Waals surface area contributed by atoms with Crippen LogP contribution in [0.3, 0.4) is 0 Å². The normalized spacial score (nSPS) is 23.5. The number of morpholine rings is 1. The number of amides is 2. The predicted octanol–water partition coefficient (Wildman–Crippen LogP) is 1.75. The van der Waals surface area contributed by atoms with Crippen molar-refractivity contribution in [1.29, 1.82) is 0 Å². The SMILES string of the molecule is O=C1COC2(CCN(C(=O)c3csc4c3CCCC4)CC2)CN1. The molecular weight excluding hydrogens is 312 g/mol. The highest BCUT2D eigenvalue weighted by atomic mass is 32.1. The molecule has 1 N–H and O–H groups in total. The van der Waals surface area contributed by atoms with Crippen molar-refractivity contribution in [2.45, 2.75) is 44.1 Å². The van der Waals surface area contributed by atoms with E-state index >= 15 is 0 Å². The third kappa shape index (κ3) is 2.78. The highest BCUT2D eigenvalue weighted by Crippen LogP contribution is 2.33. The molecule has 3 heterocycles. The molecule has 1 aromatic rings. The molecule has 0 bridgehead atoms. The second-order valence-corrected chi connectivity index (χ2v) is 7.76. The van der Waals surface area contributed by atoms with Crippen LogP contribution in [0.25, 0.3) is 0 Å². The maximum atomic E-state index is 12.9. The topological polar surface area (TPSA) is 58.6 Å². The van der Waals surface area contributed by atoms with E-state index in [1.807, 2.05) is 4.90 Å². The standard InChI is InChI=1S/C17H22N2O3S/c20-15-9-22-17(11-18-15)5-7-19(8-6-17)16(21)13-10-23-14-4-2-1-3-12(13)14/h10H,1-9,11H2,(H,18,20). The van der Waals surface area contributed by atoms with Crippen LogP contribution < -0.4 is 5.32 Å². The van der Waals surface area contributed by atoms with Crippen molar-refractivity contribution < 1.29 is 14.3 Å². The molecule has 0 radical (unpaired) electrons. The van der Waals surface area contributed by atoms with Crippen LogP contribution in [0.2, 0.25) is 0 Å². The monoisotopic (exact) mass is 334 g/mol. The quantitative estimate of drug-likeness (QED) is 0.851. The molecule has 2 saturated heterocycles. The van der Waals surface area contributed by atoms with E-state index < -0.39 is 0 Å². The minimum atomic E-state index is -0.265. The molecule has 2 fully saturated rings. The lowest BCUT2D eigenvalue weighted by Crippen LogP contribution is -2.58. The zero-order valence-electron chi connectivity index (χ0n) is 13.2. The van der Waals surface area contributed by atoms with Crippen molar-refractivity contribution in [3.63, 3.8) is 0 Å². The first-order chi connectivity index (χ1) is 11.2. The fraction of sp³-hybridized carbons (Fsp3) is 0.647. The summed E-state index contributed by atoms with van der Waals surface area (Å²) in [5.41, 5.74) is 1.96. The largest absolute Gasteiger partial charge is 0.363 e. The van der Waals surface area contributed by atoms with Crippen LogP contribution in [-0.2, 0) is 22.4 Å². The summed E-state index contributed by atoms with van der Waals surface area (Å²) in [4.78, 5) is 27.5. The minimum Gasteiger partial charge on any atom is -0.363 e. The minimum absolute atomic E-state index is 0.0426. The first kappa shape index (κ1) is 15.1. The van der Waals surface area contributed by atoms with Gasteiger partial charge in [0.05, 0.1) is 11.2 Å². The molecule has 1 spiro atoms. The van der Waals surface area contributed by atoms with Gasteiger partial charge in [-0.1, -0.05) is 0 Å². The maximum Gasteiger partial charge on any atom is 0.254 e.